The predicted molar refractivity (Wildman–Crippen MR) is 109 cm³/mol. The third-order valence-electron chi connectivity index (χ3n) is 3.64. The molecule has 2 aromatic rings. The third-order valence-corrected chi connectivity index (χ3v) is 5.31. The lowest BCUT2D eigenvalue weighted by Gasteiger charge is -2.28. The molecular formula is C18H20Cl2N2O4S. The van der Waals surface area contributed by atoms with Crippen molar-refractivity contribution in [2.75, 3.05) is 22.5 Å². The molecule has 0 aliphatic heterocycles. The maximum Gasteiger partial charge on any atom is 0.248 e. The highest BCUT2D eigenvalue weighted by atomic mass is 35.5. The fraction of sp³-hybridized carbons (Fsp3) is 0.278. The number of carbonyl (C=O) groups excluding carboxylic acids is 1. The van der Waals surface area contributed by atoms with E-state index >= 15 is 0 Å². The van der Waals surface area contributed by atoms with Gasteiger partial charge in [-0.2, -0.15) is 0 Å². The number of benzene rings is 2. The molecule has 146 valence electrons. The topological polar surface area (TPSA) is 75.7 Å². The molecule has 0 heterocycles. The zero-order valence-electron chi connectivity index (χ0n) is 15.1. The van der Waals surface area contributed by atoms with Crippen molar-refractivity contribution in [3.63, 3.8) is 0 Å². The Morgan fingerprint density at radius 3 is 2.33 bits per heavy atom. The minimum atomic E-state index is -3.78. The van der Waals surface area contributed by atoms with Gasteiger partial charge in [-0.25, -0.2) is 8.42 Å². The van der Waals surface area contributed by atoms with Gasteiger partial charge in [-0.15, -0.1) is 0 Å². The minimum absolute atomic E-state index is 0.204. The van der Waals surface area contributed by atoms with E-state index in [2.05, 4.69) is 5.32 Å². The Morgan fingerprint density at radius 2 is 1.78 bits per heavy atom. The maximum absolute atomic E-state index is 12.8. The van der Waals surface area contributed by atoms with Crippen LogP contribution in [0.1, 0.15) is 13.8 Å². The van der Waals surface area contributed by atoms with Crippen molar-refractivity contribution in [1.29, 1.82) is 0 Å². The van der Waals surface area contributed by atoms with Crippen molar-refractivity contribution >= 4 is 50.5 Å². The number of para-hydroxylation sites is 2. The Labute approximate surface area is 169 Å². The zero-order valence-corrected chi connectivity index (χ0v) is 17.4. The number of ether oxygens (including phenoxy) is 1. The predicted octanol–water partition coefficient (Wildman–Crippen LogP) is 4.19. The summed E-state index contributed by atoms with van der Waals surface area (Å²) >= 11 is 12.0. The van der Waals surface area contributed by atoms with E-state index in [1.54, 1.807) is 24.3 Å². The molecule has 1 atom stereocenters. The van der Waals surface area contributed by atoms with Gasteiger partial charge in [0.15, 0.2) is 0 Å². The number of nitrogens with zero attached hydrogens (tertiary/aromatic N) is 1. The van der Waals surface area contributed by atoms with Crippen LogP contribution in [0.5, 0.6) is 5.75 Å². The van der Waals surface area contributed by atoms with Gasteiger partial charge in [-0.3, -0.25) is 9.10 Å². The molecule has 0 aromatic heterocycles. The number of carbonyl (C=O) groups is 1. The molecule has 9 heteroatoms. The second-order valence-electron chi connectivity index (χ2n) is 5.78. The summed E-state index contributed by atoms with van der Waals surface area (Å²) in [7, 11) is -3.78. The molecule has 0 unspecified atom stereocenters. The molecule has 0 aliphatic rings. The van der Waals surface area contributed by atoms with Crippen molar-refractivity contribution in [3.8, 4) is 5.75 Å². The molecule has 6 nitrogen and oxygen atoms in total. The molecular weight excluding hydrogens is 411 g/mol. The number of halogens is 2. The number of sulfonamides is 1. The van der Waals surface area contributed by atoms with E-state index in [0.29, 0.717) is 18.0 Å². The summed E-state index contributed by atoms with van der Waals surface area (Å²) in [5, 5.41) is 3.24. The van der Waals surface area contributed by atoms with Crippen molar-refractivity contribution in [2.24, 2.45) is 0 Å². The van der Waals surface area contributed by atoms with Gasteiger partial charge in [0.1, 0.15) is 11.8 Å². The van der Waals surface area contributed by atoms with Crippen LogP contribution >= 0.6 is 23.2 Å². The average molecular weight is 431 g/mol. The van der Waals surface area contributed by atoms with Crippen molar-refractivity contribution in [2.45, 2.75) is 19.9 Å². The summed E-state index contributed by atoms with van der Waals surface area (Å²) in [6.07, 6.45) is 1.01. The highest BCUT2D eigenvalue weighted by Gasteiger charge is 2.30. The van der Waals surface area contributed by atoms with Crippen molar-refractivity contribution < 1.29 is 17.9 Å². The van der Waals surface area contributed by atoms with Gasteiger partial charge in [0.05, 0.1) is 24.2 Å². The first-order valence-electron chi connectivity index (χ1n) is 8.11. The molecule has 2 rings (SSSR count). The van der Waals surface area contributed by atoms with Crippen LogP contribution in [0.2, 0.25) is 10.0 Å². The molecule has 0 radical (unpaired) electrons. The second-order valence-corrected chi connectivity index (χ2v) is 8.51. The third kappa shape index (κ3) is 5.51. The normalized spacial score (nSPS) is 12.3. The van der Waals surface area contributed by atoms with Gasteiger partial charge in [0.2, 0.25) is 15.9 Å². The molecule has 1 amide bonds. The van der Waals surface area contributed by atoms with Crippen LogP contribution in [0.25, 0.3) is 0 Å². The standard InChI is InChI=1S/C18H20Cl2N2O4S/c1-4-26-17-8-6-5-7-16(17)21-18(23)12(2)22(27(3,24)25)15-10-13(19)9-14(20)11-15/h5-12H,4H2,1-3H3,(H,21,23)/t12-/m1/s1. The van der Waals surface area contributed by atoms with Crippen molar-refractivity contribution in [3.05, 3.63) is 52.5 Å². The number of rotatable bonds is 7. The Kier molecular flexibility index (Phi) is 6.97. The minimum Gasteiger partial charge on any atom is -0.492 e. The van der Waals surface area contributed by atoms with Crippen LogP contribution in [0.3, 0.4) is 0 Å². The summed E-state index contributed by atoms with van der Waals surface area (Å²) in [5.41, 5.74) is 0.657. The van der Waals surface area contributed by atoms with E-state index in [-0.39, 0.29) is 15.7 Å². The van der Waals surface area contributed by atoms with E-state index in [1.165, 1.54) is 25.1 Å². The second kappa shape index (κ2) is 8.82. The van der Waals surface area contributed by atoms with Gasteiger partial charge >= 0.3 is 0 Å². The van der Waals surface area contributed by atoms with Crippen molar-refractivity contribution in [1.82, 2.24) is 0 Å². The Hall–Kier alpha value is -1.96. The van der Waals surface area contributed by atoms with Crippen LogP contribution in [-0.2, 0) is 14.8 Å². The van der Waals surface area contributed by atoms with Crippen LogP contribution in [0, 0.1) is 0 Å². The first kappa shape index (κ1) is 21.3. The van der Waals surface area contributed by atoms with Gasteiger partial charge in [-0.05, 0) is 44.2 Å². The summed E-state index contributed by atoms with van der Waals surface area (Å²) in [6, 6.07) is 10.2. The highest BCUT2D eigenvalue weighted by molar-refractivity contribution is 7.92. The van der Waals surface area contributed by atoms with E-state index in [4.69, 9.17) is 27.9 Å². The fourth-order valence-corrected chi connectivity index (χ4v) is 4.24. The number of anilines is 2. The first-order valence-corrected chi connectivity index (χ1v) is 10.7. The van der Waals surface area contributed by atoms with E-state index in [9.17, 15) is 13.2 Å². The molecule has 0 bridgehead atoms. The fourth-order valence-electron chi connectivity index (χ4n) is 2.56. The summed E-state index contributed by atoms with van der Waals surface area (Å²) in [6.45, 7) is 3.74. The lowest BCUT2D eigenvalue weighted by atomic mass is 10.2. The largest absolute Gasteiger partial charge is 0.492 e. The Bertz CT molecular complexity index is 914. The SMILES string of the molecule is CCOc1ccccc1NC(=O)[C@@H](C)N(c1cc(Cl)cc(Cl)c1)S(C)(=O)=O. The number of hydrogen-bond donors (Lipinski definition) is 1. The lowest BCUT2D eigenvalue weighted by Crippen LogP contribution is -2.45. The van der Waals surface area contributed by atoms with Crippen LogP contribution in [-0.4, -0.2) is 33.2 Å². The number of hydrogen-bond acceptors (Lipinski definition) is 4. The lowest BCUT2D eigenvalue weighted by molar-refractivity contribution is -0.116. The smallest absolute Gasteiger partial charge is 0.248 e. The zero-order chi connectivity index (χ0) is 20.2. The quantitative estimate of drug-likeness (QED) is 0.714. The van der Waals surface area contributed by atoms with Crippen LogP contribution in [0.15, 0.2) is 42.5 Å². The van der Waals surface area contributed by atoms with Gasteiger partial charge in [0.25, 0.3) is 0 Å². The molecule has 0 saturated carbocycles. The summed E-state index contributed by atoms with van der Waals surface area (Å²) in [5.74, 6) is -0.0269. The monoisotopic (exact) mass is 430 g/mol. The van der Waals surface area contributed by atoms with Gasteiger partial charge < -0.3 is 10.1 Å². The Balaban J connectivity index is 2.36. The molecule has 1 N–H and O–H groups in total. The van der Waals surface area contributed by atoms with Crippen LogP contribution in [0.4, 0.5) is 11.4 Å². The van der Waals surface area contributed by atoms with Gasteiger partial charge in [-0.1, -0.05) is 35.3 Å². The van der Waals surface area contributed by atoms with E-state index in [0.717, 1.165) is 10.6 Å². The first-order chi connectivity index (χ1) is 12.6. The summed E-state index contributed by atoms with van der Waals surface area (Å²) in [4.78, 5) is 12.8. The van der Waals surface area contributed by atoms with Crippen LogP contribution < -0.4 is 14.4 Å². The number of nitrogens with one attached hydrogen (secondary N) is 1. The van der Waals surface area contributed by atoms with Gasteiger partial charge in [0, 0.05) is 10.0 Å². The molecule has 27 heavy (non-hydrogen) atoms. The molecule has 0 fully saturated rings. The molecule has 2 aromatic carbocycles. The highest BCUT2D eigenvalue weighted by Crippen LogP contribution is 2.29. The summed E-state index contributed by atoms with van der Waals surface area (Å²) < 4.78 is 31.2. The molecule has 0 saturated heterocycles. The molecule has 0 aliphatic carbocycles. The van der Waals surface area contributed by atoms with E-state index < -0.39 is 22.0 Å². The maximum atomic E-state index is 12.8. The molecule has 0 spiro atoms. The van der Waals surface area contributed by atoms with E-state index in [1.807, 2.05) is 6.92 Å². The number of amides is 1. The Morgan fingerprint density at radius 1 is 1.19 bits per heavy atom. The average Bonchev–Trinajstić information content (AvgIpc) is 2.54.